The number of pyridine rings is 1. The van der Waals surface area contributed by atoms with Crippen LogP contribution in [0.1, 0.15) is 36.5 Å². The highest BCUT2D eigenvalue weighted by Crippen LogP contribution is 2.48. The number of aromatic amines is 1. The molecule has 0 bridgehead atoms. The molecule has 0 saturated heterocycles. The van der Waals surface area contributed by atoms with E-state index in [1.54, 1.807) is 18.2 Å². The van der Waals surface area contributed by atoms with Gasteiger partial charge >= 0.3 is 0 Å². The molecule has 1 atom stereocenters. The van der Waals surface area contributed by atoms with Crippen LogP contribution in [0.25, 0.3) is 10.2 Å². The van der Waals surface area contributed by atoms with Gasteiger partial charge in [0.05, 0.1) is 27.8 Å². The van der Waals surface area contributed by atoms with Crippen LogP contribution < -0.4 is 26.1 Å². The molecule has 0 spiro atoms. The third-order valence-corrected chi connectivity index (χ3v) is 6.28. The highest BCUT2D eigenvalue weighted by Gasteiger charge is 2.37. The SMILES string of the molecule is C=CCNc1sc2c3c(c(=O)[nH]c2c1C#N)C(c1ccccc1OC(C)C)C(C#N)=C(N)O3. The molecule has 0 saturated carbocycles. The number of H-pyrrole nitrogens is 1. The maximum atomic E-state index is 13.4. The lowest BCUT2D eigenvalue weighted by Crippen LogP contribution is -2.28. The number of para-hydroxylation sites is 1. The van der Waals surface area contributed by atoms with E-state index in [9.17, 15) is 15.3 Å². The highest BCUT2D eigenvalue weighted by molar-refractivity contribution is 7.23. The van der Waals surface area contributed by atoms with Crippen molar-refractivity contribution in [3.8, 4) is 23.6 Å². The van der Waals surface area contributed by atoms with E-state index in [1.165, 1.54) is 11.3 Å². The van der Waals surface area contributed by atoms with Crippen LogP contribution in [0.2, 0.25) is 0 Å². The van der Waals surface area contributed by atoms with Crippen molar-refractivity contribution in [2.75, 3.05) is 11.9 Å². The molecule has 2 aromatic heterocycles. The molecule has 0 fully saturated rings. The molecule has 4 rings (SSSR count). The van der Waals surface area contributed by atoms with Gasteiger partial charge in [0.25, 0.3) is 5.56 Å². The Labute approximate surface area is 194 Å². The number of nitriles is 2. The van der Waals surface area contributed by atoms with Gasteiger partial charge in [-0.3, -0.25) is 4.79 Å². The lowest BCUT2D eigenvalue weighted by Gasteiger charge is -2.27. The highest BCUT2D eigenvalue weighted by atomic mass is 32.1. The number of fused-ring (bicyclic) bond motifs is 3. The lowest BCUT2D eigenvalue weighted by atomic mass is 9.83. The average Bonchev–Trinajstić information content (AvgIpc) is 3.14. The maximum Gasteiger partial charge on any atom is 0.256 e. The summed E-state index contributed by atoms with van der Waals surface area (Å²) in [5.41, 5.74) is 7.36. The van der Waals surface area contributed by atoms with Crippen molar-refractivity contribution >= 4 is 26.6 Å². The van der Waals surface area contributed by atoms with Gasteiger partial charge in [-0.25, -0.2) is 0 Å². The minimum atomic E-state index is -0.793. The number of allylic oxidation sites excluding steroid dienone is 1. The smallest absolute Gasteiger partial charge is 0.256 e. The first-order valence-electron chi connectivity index (χ1n) is 10.2. The molecule has 3 aromatic rings. The molecule has 0 amide bonds. The number of rotatable bonds is 6. The van der Waals surface area contributed by atoms with Gasteiger partial charge in [0, 0.05) is 12.1 Å². The third-order valence-electron chi connectivity index (χ3n) is 5.13. The number of benzene rings is 1. The second-order valence-corrected chi connectivity index (χ2v) is 8.64. The number of nitrogens with one attached hydrogen (secondary N) is 2. The standard InChI is InChI=1S/C24H21N5O3S/c1-4-9-28-24-15(11-26)19-21(33-24)20-18(23(30)29-19)17(14(10-25)22(27)32-20)13-7-5-6-8-16(13)31-12(2)3/h4-8,12,17,28H,1,9,27H2,2-3H3,(H,29,30). The van der Waals surface area contributed by atoms with Crippen LogP contribution in [0.15, 0.2) is 53.2 Å². The Morgan fingerprint density at radius 3 is 2.79 bits per heavy atom. The van der Waals surface area contributed by atoms with Crippen molar-refractivity contribution in [1.82, 2.24) is 4.98 Å². The summed E-state index contributed by atoms with van der Waals surface area (Å²) < 4.78 is 12.4. The fourth-order valence-electron chi connectivity index (χ4n) is 3.84. The molecule has 4 N–H and O–H groups in total. The van der Waals surface area contributed by atoms with Gasteiger partial charge < -0.3 is 25.5 Å². The second kappa shape index (κ2) is 8.73. The maximum absolute atomic E-state index is 13.4. The number of thiophene rings is 1. The van der Waals surface area contributed by atoms with Crippen molar-refractivity contribution in [3.05, 3.63) is 75.4 Å². The molecular formula is C24H21N5O3S. The van der Waals surface area contributed by atoms with Crippen LogP contribution in [-0.4, -0.2) is 17.6 Å². The summed E-state index contributed by atoms with van der Waals surface area (Å²) >= 11 is 1.27. The van der Waals surface area contributed by atoms with Crippen LogP contribution in [-0.2, 0) is 0 Å². The average molecular weight is 460 g/mol. The Morgan fingerprint density at radius 2 is 2.12 bits per heavy atom. The number of ether oxygens (including phenoxy) is 2. The van der Waals surface area contributed by atoms with E-state index in [-0.39, 0.29) is 28.9 Å². The van der Waals surface area contributed by atoms with Crippen molar-refractivity contribution in [2.24, 2.45) is 5.73 Å². The van der Waals surface area contributed by atoms with Crippen LogP contribution in [0.4, 0.5) is 5.00 Å². The summed E-state index contributed by atoms with van der Waals surface area (Å²) in [4.78, 5) is 16.2. The van der Waals surface area contributed by atoms with Gasteiger partial charge in [0.15, 0.2) is 5.75 Å². The quantitative estimate of drug-likeness (QED) is 0.473. The molecule has 1 aliphatic heterocycles. The van der Waals surface area contributed by atoms with Crippen molar-refractivity contribution < 1.29 is 9.47 Å². The molecule has 3 heterocycles. The molecular weight excluding hydrogens is 438 g/mol. The first-order valence-corrected chi connectivity index (χ1v) is 11.0. The van der Waals surface area contributed by atoms with E-state index in [4.69, 9.17) is 15.2 Å². The van der Waals surface area contributed by atoms with E-state index in [0.29, 0.717) is 38.6 Å². The Bertz CT molecular complexity index is 1440. The zero-order valence-electron chi connectivity index (χ0n) is 18.1. The minimum Gasteiger partial charge on any atom is -0.491 e. The molecule has 8 nitrogen and oxygen atoms in total. The zero-order valence-corrected chi connectivity index (χ0v) is 18.9. The van der Waals surface area contributed by atoms with Gasteiger partial charge in [0.1, 0.15) is 34.0 Å². The Kier molecular flexibility index (Phi) is 5.82. The van der Waals surface area contributed by atoms with E-state index in [1.807, 2.05) is 26.0 Å². The normalized spacial score (nSPS) is 14.9. The van der Waals surface area contributed by atoms with Crippen LogP contribution in [0, 0.1) is 22.7 Å². The van der Waals surface area contributed by atoms with Crippen LogP contribution in [0.5, 0.6) is 11.5 Å². The lowest BCUT2D eigenvalue weighted by molar-refractivity contribution is 0.239. The summed E-state index contributed by atoms with van der Waals surface area (Å²) in [5, 5.41) is 23.3. The zero-order chi connectivity index (χ0) is 23.7. The van der Waals surface area contributed by atoms with Crippen molar-refractivity contribution in [3.63, 3.8) is 0 Å². The molecule has 166 valence electrons. The third kappa shape index (κ3) is 3.69. The van der Waals surface area contributed by atoms with Gasteiger partial charge in [0.2, 0.25) is 5.88 Å². The fraction of sp³-hybridized carbons (Fsp3) is 0.208. The molecule has 1 aromatic carbocycles. The van der Waals surface area contributed by atoms with Gasteiger partial charge in [-0.15, -0.1) is 17.9 Å². The summed E-state index contributed by atoms with van der Waals surface area (Å²) in [6.45, 7) is 7.92. The van der Waals surface area contributed by atoms with Gasteiger partial charge in [-0.05, 0) is 19.9 Å². The largest absolute Gasteiger partial charge is 0.491 e. The molecule has 9 heteroatoms. The molecule has 0 radical (unpaired) electrons. The van der Waals surface area contributed by atoms with Gasteiger partial charge in [-0.2, -0.15) is 10.5 Å². The molecule has 33 heavy (non-hydrogen) atoms. The summed E-state index contributed by atoms with van der Waals surface area (Å²) in [6, 6.07) is 11.5. The molecule has 0 aliphatic carbocycles. The van der Waals surface area contributed by atoms with E-state index in [0.717, 1.165) is 0 Å². The predicted molar refractivity (Wildman–Crippen MR) is 127 cm³/mol. The Hall–Kier alpha value is -4.21. The van der Waals surface area contributed by atoms with Crippen LogP contribution in [0.3, 0.4) is 0 Å². The summed E-state index contributed by atoms with van der Waals surface area (Å²) in [5.74, 6) is -0.0989. The van der Waals surface area contributed by atoms with E-state index >= 15 is 0 Å². The molecule has 1 unspecified atom stereocenters. The Balaban J connectivity index is 2.03. The van der Waals surface area contributed by atoms with Crippen molar-refractivity contribution in [2.45, 2.75) is 25.9 Å². The van der Waals surface area contributed by atoms with E-state index in [2.05, 4.69) is 29.0 Å². The van der Waals surface area contributed by atoms with Crippen molar-refractivity contribution in [1.29, 1.82) is 10.5 Å². The number of hydrogen-bond acceptors (Lipinski definition) is 8. The second-order valence-electron chi connectivity index (χ2n) is 7.62. The number of anilines is 1. The first-order chi connectivity index (χ1) is 15.9. The van der Waals surface area contributed by atoms with E-state index < -0.39 is 11.5 Å². The topological polar surface area (TPSA) is 137 Å². The monoisotopic (exact) mass is 459 g/mol. The number of aromatic nitrogens is 1. The number of hydrogen-bond donors (Lipinski definition) is 3. The summed E-state index contributed by atoms with van der Waals surface area (Å²) in [7, 11) is 0. The summed E-state index contributed by atoms with van der Waals surface area (Å²) in [6.07, 6.45) is 1.55. The number of nitrogens with two attached hydrogens (primary N) is 1. The fourth-order valence-corrected chi connectivity index (χ4v) is 4.95. The minimum absolute atomic E-state index is 0.0891. The first kappa shape index (κ1) is 22.0. The predicted octanol–water partition coefficient (Wildman–Crippen LogP) is 4.06. The van der Waals surface area contributed by atoms with Gasteiger partial charge in [-0.1, -0.05) is 24.3 Å². The molecule has 1 aliphatic rings. The van der Waals surface area contributed by atoms with Crippen LogP contribution >= 0.6 is 11.3 Å². The Morgan fingerprint density at radius 1 is 1.36 bits per heavy atom. The number of nitrogens with zero attached hydrogens (tertiary/aromatic N) is 2.